The standard InChI is InChI=1S/C44H83NO3/c1-3-5-7-9-11-13-15-17-19-21-23-25-27-29-31-33-35-37-39-43(47)42(41-46)45-44(48)40-38-36-34-32-30-28-26-24-22-20-18-16-14-12-10-8-6-4-2/h20,22,29,31,37,39,42-43,46-47H,3-19,21,23-28,30,32-36,38,40-41H2,1-2H3,(H,45,48)/b22-20-,31-29+,39-37+. The van der Waals surface area contributed by atoms with Crippen LogP contribution < -0.4 is 5.32 Å². The minimum absolute atomic E-state index is 0.0782. The van der Waals surface area contributed by atoms with Crippen LogP contribution in [0.1, 0.15) is 219 Å². The zero-order valence-electron chi connectivity index (χ0n) is 32.3. The molecule has 0 aliphatic heterocycles. The predicted molar refractivity (Wildman–Crippen MR) is 212 cm³/mol. The van der Waals surface area contributed by atoms with Gasteiger partial charge in [-0.05, 0) is 57.8 Å². The van der Waals surface area contributed by atoms with Crippen LogP contribution in [0.4, 0.5) is 0 Å². The van der Waals surface area contributed by atoms with Crippen molar-refractivity contribution in [3.8, 4) is 0 Å². The zero-order chi connectivity index (χ0) is 35.0. The molecular weight excluding hydrogens is 590 g/mol. The lowest BCUT2D eigenvalue weighted by Gasteiger charge is -2.19. The van der Waals surface area contributed by atoms with Crippen molar-refractivity contribution in [2.45, 2.75) is 231 Å². The second-order valence-electron chi connectivity index (χ2n) is 14.4. The molecular formula is C44H83NO3. The zero-order valence-corrected chi connectivity index (χ0v) is 32.3. The molecule has 0 radical (unpaired) electrons. The molecule has 0 aromatic rings. The summed E-state index contributed by atoms with van der Waals surface area (Å²) in [6, 6.07) is -0.639. The Morgan fingerprint density at radius 3 is 1.21 bits per heavy atom. The minimum atomic E-state index is -0.862. The number of hydrogen-bond acceptors (Lipinski definition) is 3. The smallest absolute Gasteiger partial charge is 0.220 e. The first-order chi connectivity index (χ1) is 23.7. The van der Waals surface area contributed by atoms with Gasteiger partial charge in [0.1, 0.15) is 0 Å². The molecule has 0 saturated carbocycles. The maximum absolute atomic E-state index is 12.4. The third kappa shape index (κ3) is 35.9. The number of amides is 1. The van der Waals surface area contributed by atoms with Crippen molar-refractivity contribution < 1.29 is 15.0 Å². The van der Waals surface area contributed by atoms with Gasteiger partial charge in [0.25, 0.3) is 0 Å². The van der Waals surface area contributed by atoms with E-state index in [0.717, 1.165) is 32.1 Å². The van der Waals surface area contributed by atoms with Gasteiger partial charge in [-0.25, -0.2) is 0 Å². The van der Waals surface area contributed by atoms with Crippen molar-refractivity contribution in [1.82, 2.24) is 5.32 Å². The predicted octanol–water partition coefficient (Wildman–Crippen LogP) is 13.0. The van der Waals surface area contributed by atoms with Crippen LogP contribution in [-0.2, 0) is 4.79 Å². The lowest BCUT2D eigenvalue weighted by Crippen LogP contribution is -2.45. The van der Waals surface area contributed by atoms with Crippen molar-refractivity contribution in [3.05, 3.63) is 36.5 Å². The Hall–Kier alpha value is -1.39. The molecule has 0 aromatic heterocycles. The van der Waals surface area contributed by atoms with Crippen LogP contribution in [0, 0.1) is 0 Å². The molecule has 4 heteroatoms. The Kier molecular flexibility index (Phi) is 38.9. The van der Waals surface area contributed by atoms with Gasteiger partial charge in [0.05, 0.1) is 18.8 Å². The van der Waals surface area contributed by atoms with Gasteiger partial charge in [0.2, 0.25) is 5.91 Å². The Morgan fingerprint density at radius 2 is 0.812 bits per heavy atom. The van der Waals surface area contributed by atoms with Gasteiger partial charge in [0, 0.05) is 6.42 Å². The van der Waals surface area contributed by atoms with Crippen molar-refractivity contribution in [2.24, 2.45) is 0 Å². The second-order valence-corrected chi connectivity index (χ2v) is 14.4. The van der Waals surface area contributed by atoms with E-state index in [4.69, 9.17) is 0 Å². The van der Waals surface area contributed by atoms with Gasteiger partial charge in [-0.15, -0.1) is 0 Å². The lowest BCUT2D eigenvalue weighted by molar-refractivity contribution is -0.123. The molecule has 0 aromatic carbocycles. The van der Waals surface area contributed by atoms with Crippen LogP contribution in [-0.4, -0.2) is 34.9 Å². The summed E-state index contributed by atoms with van der Waals surface area (Å²) in [5.41, 5.74) is 0. The molecule has 0 bridgehead atoms. The molecule has 2 unspecified atom stereocenters. The minimum Gasteiger partial charge on any atom is -0.394 e. The SMILES string of the molecule is CCCCCCCCC/C=C\CCCCCCCCCC(=O)NC(CO)C(O)/C=C/CC/C=C/CCCCCCCCCCCCCC. The van der Waals surface area contributed by atoms with E-state index in [1.165, 1.54) is 167 Å². The third-order valence-corrected chi connectivity index (χ3v) is 9.60. The fourth-order valence-electron chi connectivity index (χ4n) is 6.31. The second kappa shape index (κ2) is 40.0. The summed E-state index contributed by atoms with van der Waals surface area (Å²) >= 11 is 0. The van der Waals surface area contributed by atoms with E-state index in [0.29, 0.717) is 6.42 Å². The Balaban J connectivity index is 3.63. The topological polar surface area (TPSA) is 69.6 Å². The molecule has 0 saturated heterocycles. The van der Waals surface area contributed by atoms with Crippen molar-refractivity contribution >= 4 is 5.91 Å². The van der Waals surface area contributed by atoms with E-state index in [1.807, 2.05) is 6.08 Å². The molecule has 0 spiro atoms. The summed E-state index contributed by atoms with van der Waals surface area (Å²) in [4.78, 5) is 12.4. The van der Waals surface area contributed by atoms with Gasteiger partial charge in [0.15, 0.2) is 0 Å². The Labute approximate surface area is 300 Å². The molecule has 0 aliphatic rings. The van der Waals surface area contributed by atoms with Crippen LogP contribution in [0.15, 0.2) is 36.5 Å². The first-order valence-corrected chi connectivity index (χ1v) is 21.2. The molecule has 1 amide bonds. The van der Waals surface area contributed by atoms with E-state index in [1.54, 1.807) is 6.08 Å². The molecule has 3 N–H and O–H groups in total. The van der Waals surface area contributed by atoms with Gasteiger partial charge in [-0.1, -0.05) is 192 Å². The number of aliphatic hydroxyl groups is 2. The van der Waals surface area contributed by atoms with Crippen molar-refractivity contribution in [1.29, 1.82) is 0 Å². The highest BCUT2D eigenvalue weighted by molar-refractivity contribution is 5.76. The number of carbonyl (C=O) groups excluding carboxylic acids is 1. The summed E-state index contributed by atoms with van der Waals surface area (Å²) in [7, 11) is 0. The van der Waals surface area contributed by atoms with Crippen molar-refractivity contribution in [2.75, 3.05) is 6.61 Å². The van der Waals surface area contributed by atoms with Crippen LogP contribution in [0.3, 0.4) is 0 Å². The molecule has 282 valence electrons. The number of unbranched alkanes of at least 4 members (excludes halogenated alkanes) is 27. The fraction of sp³-hybridized carbons (Fsp3) is 0.841. The summed E-state index contributed by atoms with van der Waals surface area (Å²) in [6.07, 6.45) is 52.4. The molecule has 4 nitrogen and oxygen atoms in total. The maximum Gasteiger partial charge on any atom is 0.220 e. The van der Waals surface area contributed by atoms with Crippen LogP contribution >= 0.6 is 0 Å². The summed E-state index contributed by atoms with van der Waals surface area (Å²) in [6.45, 7) is 4.30. The van der Waals surface area contributed by atoms with Gasteiger partial charge < -0.3 is 15.5 Å². The summed E-state index contributed by atoms with van der Waals surface area (Å²) in [5, 5.41) is 23.0. The van der Waals surface area contributed by atoms with E-state index in [9.17, 15) is 15.0 Å². The first-order valence-electron chi connectivity index (χ1n) is 21.2. The molecule has 48 heavy (non-hydrogen) atoms. The average molecular weight is 674 g/mol. The summed E-state index contributed by atoms with van der Waals surface area (Å²) < 4.78 is 0. The highest BCUT2D eigenvalue weighted by Gasteiger charge is 2.17. The molecule has 0 fully saturated rings. The van der Waals surface area contributed by atoms with Crippen LogP contribution in [0.25, 0.3) is 0 Å². The van der Waals surface area contributed by atoms with E-state index < -0.39 is 12.1 Å². The van der Waals surface area contributed by atoms with Gasteiger partial charge >= 0.3 is 0 Å². The van der Waals surface area contributed by atoms with E-state index in [2.05, 4.69) is 43.5 Å². The van der Waals surface area contributed by atoms with Crippen LogP contribution in [0.2, 0.25) is 0 Å². The number of hydrogen-bond donors (Lipinski definition) is 3. The first kappa shape index (κ1) is 46.6. The lowest BCUT2D eigenvalue weighted by atomic mass is 10.0. The molecule has 0 rings (SSSR count). The third-order valence-electron chi connectivity index (χ3n) is 9.60. The Bertz CT molecular complexity index is 731. The average Bonchev–Trinajstić information content (AvgIpc) is 3.09. The molecule has 0 heterocycles. The Morgan fingerprint density at radius 1 is 0.479 bits per heavy atom. The van der Waals surface area contributed by atoms with Gasteiger partial charge in [-0.2, -0.15) is 0 Å². The van der Waals surface area contributed by atoms with Crippen LogP contribution in [0.5, 0.6) is 0 Å². The highest BCUT2D eigenvalue weighted by Crippen LogP contribution is 2.14. The number of allylic oxidation sites excluding steroid dienone is 5. The fourth-order valence-corrected chi connectivity index (χ4v) is 6.31. The molecule has 0 aliphatic carbocycles. The largest absolute Gasteiger partial charge is 0.394 e. The number of rotatable bonds is 38. The monoisotopic (exact) mass is 674 g/mol. The summed E-state index contributed by atoms with van der Waals surface area (Å²) in [5.74, 6) is -0.0782. The maximum atomic E-state index is 12.4. The molecule has 2 atom stereocenters. The highest BCUT2D eigenvalue weighted by atomic mass is 16.3. The quantitative estimate of drug-likeness (QED) is 0.0451. The number of carbonyl (C=O) groups is 1. The van der Waals surface area contributed by atoms with E-state index >= 15 is 0 Å². The van der Waals surface area contributed by atoms with E-state index in [-0.39, 0.29) is 12.5 Å². The van der Waals surface area contributed by atoms with Crippen molar-refractivity contribution in [3.63, 3.8) is 0 Å². The number of nitrogens with one attached hydrogen (secondary N) is 1. The number of aliphatic hydroxyl groups excluding tert-OH is 2. The van der Waals surface area contributed by atoms with Gasteiger partial charge in [-0.3, -0.25) is 4.79 Å². The normalized spacial score (nSPS) is 13.3.